The van der Waals surface area contributed by atoms with E-state index in [1.54, 1.807) is 0 Å². The average Bonchev–Trinajstić information content (AvgIpc) is 3.28. The summed E-state index contributed by atoms with van der Waals surface area (Å²) in [6.45, 7) is 0.756. The molecule has 1 aliphatic carbocycles. The van der Waals surface area contributed by atoms with Crippen LogP contribution in [0.25, 0.3) is 21.9 Å². The number of nitrogen functional groups attached to an aromatic ring is 1. The van der Waals surface area contributed by atoms with Gasteiger partial charge in [-0.25, -0.2) is 9.97 Å². The van der Waals surface area contributed by atoms with Gasteiger partial charge in [0.1, 0.15) is 16.9 Å². The first-order valence-corrected chi connectivity index (χ1v) is 11.5. The molecule has 172 valence electrons. The summed E-state index contributed by atoms with van der Waals surface area (Å²) in [6.07, 6.45) is 11.7. The minimum atomic E-state index is -0.819. The van der Waals surface area contributed by atoms with Crippen LogP contribution in [0, 0.1) is 5.92 Å². The number of unbranched alkanes of at least 4 members (excludes halogenated alkanes) is 1. The molecule has 5 rings (SSSR count). The second-order valence-electron chi connectivity index (χ2n) is 8.60. The Morgan fingerprint density at radius 1 is 1.06 bits per heavy atom. The van der Waals surface area contributed by atoms with E-state index in [-0.39, 0.29) is 0 Å². The summed E-state index contributed by atoms with van der Waals surface area (Å²) in [4.78, 5) is 21.3. The fourth-order valence-electron chi connectivity index (χ4n) is 4.75. The molecule has 2 heterocycles. The Kier molecular flexibility index (Phi) is 5.76. The lowest BCUT2D eigenvalue weighted by Crippen LogP contribution is -2.48. The minimum Gasteiger partial charge on any atom is -0.482 e. The molecule has 0 radical (unpaired) electrons. The largest absolute Gasteiger partial charge is 0.482 e. The Hall–Kier alpha value is -4.13. The first-order valence-electron chi connectivity index (χ1n) is 11.5. The third kappa shape index (κ3) is 4.01. The topological polar surface area (TPSA) is 109 Å². The number of primary amides is 1. The molecule has 0 bridgehead atoms. The van der Waals surface area contributed by atoms with E-state index in [1.165, 1.54) is 0 Å². The molecule has 0 spiro atoms. The van der Waals surface area contributed by atoms with Gasteiger partial charge in [-0.3, -0.25) is 4.79 Å². The predicted octanol–water partition coefficient (Wildman–Crippen LogP) is 4.38. The number of aryl methyl sites for hydroxylation is 1. The second-order valence-corrected chi connectivity index (χ2v) is 8.60. The van der Waals surface area contributed by atoms with Gasteiger partial charge in [-0.2, -0.15) is 0 Å². The van der Waals surface area contributed by atoms with Gasteiger partial charge in [0.2, 0.25) is 5.91 Å². The molecule has 2 unspecified atom stereocenters. The highest BCUT2D eigenvalue weighted by molar-refractivity contribution is 6.06. The number of benzene rings is 2. The lowest BCUT2D eigenvalue weighted by molar-refractivity contribution is -0.125. The number of rotatable bonds is 8. The molecule has 34 heavy (non-hydrogen) atoms. The summed E-state index contributed by atoms with van der Waals surface area (Å²) in [5.74, 6) is 0.211. The number of anilines is 1. The number of amides is 1. The van der Waals surface area contributed by atoms with Crippen LogP contribution < -0.4 is 16.2 Å². The van der Waals surface area contributed by atoms with E-state index in [1.807, 2.05) is 85.2 Å². The minimum absolute atomic E-state index is 0.397. The number of hydrogen-bond acceptors (Lipinski definition) is 5. The van der Waals surface area contributed by atoms with Crippen molar-refractivity contribution < 1.29 is 9.53 Å². The molecule has 0 saturated heterocycles. The maximum atomic E-state index is 12.3. The molecule has 7 nitrogen and oxygen atoms in total. The summed E-state index contributed by atoms with van der Waals surface area (Å²) in [6, 6.07) is 17.5. The maximum absolute atomic E-state index is 12.3. The van der Waals surface area contributed by atoms with E-state index in [0.29, 0.717) is 18.0 Å². The number of carbonyl (C=O) groups is 1. The highest BCUT2D eigenvalue weighted by Crippen LogP contribution is 2.35. The van der Waals surface area contributed by atoms with Crippen LogP contribution in [-0.4, -0.2) is 26.0 Å². The van der Waals surface area contributed by atoms with Gasteiger partial charge in [-0.15, -0.1) is 0 Å². The number of nitrogens with zero attached hydrogens (tertiary/aromatic N) is 3. The van der Waals surface area contributed by atoms with Gasteiger partial charge < -0.3 is 20.8 Å². The van der Waals surface area contributed by atoms with Gasteiger partial charge in [0.15, 0.2) is 5.82 Å². The Morgan fingerprint density at radius 2 is 1.85 bits per heavy atom. The van der Waals surface area contributed by atoms with E-state index in [0.717, 1.165) is 41.3 Å². The lowest BCUT2D eigenvalue weighted by Gasteiger charge is -2.37. The van der Waals surface area contributed by atoms with Crippen molar-refractivity contribution >= 4 is 33.7 Å². The molecule has 1 amide bonds. The molecule has 1 aliphatic rings. The van der Waals surface area contributed by atoms with Crippen LogP contribution in [0.3, 0.4) is 0 Å². The summed E-state index contributed by atoms with van der Waals surface area (Å²) < 4.78 is 8.54. The maximum Gasteiger partial charge on any atom is 0.228 e. The molecule has 0 saturated carbocycles. The zero-order valence-corrected chi connectivity index (χ0v) is 18.8. The van der Waals surface area contributed by atoms with Crippen LogP contribution in [0.2, 0.25) is 0 Å². The molecular formula is C27H27N5O2. The van der Waals surface area contributed by atoms with E-state index in [9.17, 15) is 4.79 Å². The zero-order valence-electron chi connectivity index (χ0n) is 18.8. The van der Waals surface area contributed by atoms with Gasteiger partial charge >= 0.3 is 0 Å². The number of pyridine rings is 1. The van der Waals surface area contributed by atoms with Crippen molar-refractivity contribution in [1.29, 1.82) is 0 Å². The van der Waals surface area contributed by atoms with Crippen LogP contribution in [0.1, 0.15) is 19.3 Å². The van der Waals surface area contributed by atoms with E-state index < -0.39 is 17.4 Å². The van der Waals surface area contributed by atoms with E-state index in [2.05, 4.69) is 14.5 Å². The number of fused-ring (bicyclic) bond motifs is 3. The van der Waals surface area contributed by atoms with E-state index >= 15 is 0 Å². The van der Waals surface area contributed by atoms with Crippen molar-refractivity contribution in [3.05, 3.63) is 85.2 Å². The molecule has 4 N–H and O–H groups in total. The Balaban J connectivity index is 1.36. The predicted molar refractivity (Wildman–Crippen MR) is 134 cm³/mol. The molecule has 0 aliphatic heterocycles. The third-order valence-electron chi connectivity index (χ3n) is 6.37. The van der Waals surface area contributed by atoms with Crippen molar-refractivity contribution in [2.45, 2.75) is 31.4 Å². The number of allylic oxidation sites excluding steroid dienone is 2. The van der Waals surface area contributed by atoms with E-state index in [4.69, 9.17) is 16.2 Å². The van der Waals surface area contributed by atoms with Gasteiger partial charge in [0, 0.05) is 11.9 Å². The summed E-state index contributed by atoms with van der Waals surface area (Å²) in [7, 11) is 0. The Labute approximate surface area is 197 Å². The van der Waals surface area contributed by atoms with Crippen molar-refractivity contribution in [3.63, 3.8) is 0 Å². The molecule has 2 aromatic heterocycles. The molecule has 4 aromatic rings. The van der Waals surface area contributed by atoms with Crippen molar-refractivity contribution in [2.75, 3.05) is 5.73 Å². The summed E-state index contributed by atoms with van der Waals surface area (Å²) >= 11 is 0. The molecule has 2 atom stereocenters. The fraction of sp³-hybridized carbons (Fsp3) is 0.222. The second kappa shape index (κ2) is 9.02. The van der Waals surface area contributed by atoms with Gasteiger partial charge in [0.05, 0.1) is 23.3 Å². The molecule has 7 heteroatoms. The lowest BCUT2D eigenvalue weighted by atomic mass is 9.79. The van der Waals surface area contributed by atoms with Gasteiger partial charge in [-0.05, 0) is 43.5 Å². The number of imidazole rings is 1. The number of hydrogen-bond donors (Lipinski definition) is 2. The Bertz CT molecular complexity index is 1390. The first kappa shape index (κ1) is 21.7. The monoisotopic (exact) mass is 453 g/mol. The Morgan fingerprint density at radius 3 is 2.68 bits per heavy atom. The van der Waals surface area contributed by atoms with Crippen LogP contribution in [-0.2, 0) is 11.3 Å². The number of ether oxygens (including phenoxy) is 1. The highest BCUT2D eigenvalue weighted by Gasteiger charge is 2.41. The number of carbonyl (C=O) groups excluding carboxylic acids is 1. The van der Waals surface area contributed by atoms with Crippen LogP contribution in [0.5, 0.6) is 5.75 Å². The summed E-state index contributed by atoms with van der Waals surface area (Å²) in [5.41, 5.74) is 13.7. The van der Waals surface area contributed by atoms with Crippen LogP contribution in [0.15, 0.2) is 85.2 Å². The number of para-hydroxylation sites is 2. The fourth-order valence-corrected chi connectivity index (χ4v) is 4.75. The van der Waals surface area contributed by atoms with Gasteiger partial charge in [-0.1, -0.05) is 54.6 Å². The average molecular weight is 454 g/mol. The van der Waals surface area contributed by atoms with Crippen molar-refractivity contribution in [3.8, 4) is 5.75 Å². The molecule has 2 aromatic carbocycles. The zero-order chi connectivity index (χ0) is 23.5. The summed E-state index contributed by atoms with van der Waals surface area (Å²) in [5, 5.41) is 1.03. The molecule has 0 fully saturated rings. The quantitative estimate of drug-likeness (QED) is 0.385. The normalized spacial score (nSPS) is 19.6. The standard InChI is InChI=1S/C27H27N5O2/c28-25-23-24(20-12-4-5-14-22(20)31-25)32(18-30-23)17-9-8-16-27(34-19-10-2-1-3-11-19)15-7-6-13-21(27)26(29)33/h1-7,10-15,18,21H,8-9,16-17H2,(H2,28,31)(H2,29,33). The smallest absolute Gasteiger partial charge is 0.228 e. The van der Waals surface area contributed by atoms with Crippen LogP contribution in [0.4, 0.5) is 5.82 Å². The molecular weight excluding hydrogens is 426 g/mol. The number of aromatic nitrogens is 3. The number of nitrogens with two attached hydrogens (primary N) is 2. The SMILES string of the molecule is NC(=O)C1C=CC=CC1(CCCCn1cnc2c(N)nc3ccccc3c21)Oc1ccccc1. The third-order valence-corrected chi connectivity index (χ3v) is 6.37. The highest BCUT2D eigenvalue weighted by atomic mass is 16.5. The first-order chi connectivity index (χ1) is 16.6. The van der Waals surface area contributed by atoms with Crippen LogP contribution >= 0.6 is 0 Å². The van der Waals surface area contributed by atoms with Crippen molar-refractivity contribution in [2.24, 2.45) is 11.7 Å². The van der Waals surface area contributed by atoms with Crippen molar-refractivity contribution in [1.82, 2.24) is 14.5 Å². The van der Waals surface area contributed by atoms with Gasteiger partial charge in [0.25, 0.3) is 0 Å².